The van der Waals surface area contributed by atoms with Crippen molar-refractivity contribution in [3.8, 4) is 0 Å². The Bertz CT molecular complexity index is 741. The molecule has 1 aromatic heterocycles. The molecule has 1 saturated heterocycles. The maximum atomic E-state index is 13.0. The van der Waals surface area contributed by atoms with Crippen molar-refractivity contribution in [2.24, 2.45) is 0 Å². The third kappa shape index (κ3) is 4.54. The Kier molecular flexibility index (Phi) is 5.46. The quantitative estimate of drug-likeness (QED) is 0.880. The predicted octanol–water partition coefficient (Wildman–Crippen LogP) is 1.65. The second-order valence-corrected chi connectivity index (χ2v) is 6.85. The van der Waals surface area contributed by atoms with Crippen molar-refractivity contribution in [2.45, 2.75) is 24.9 Å². The zero-order chi connectivity index (χ0) is 18.6. The Morgan fingerprint density at radius 2 is 2.00 bits per heavy atom. The van der Waals surface area contributed by atoms with Crippen LogP contribution < -0.4 is 4.90 Å². The van der Waals surface area contributed by atoms with Crippen LogP contribution in [0.2, 0.25) is 0 Å². The minimum absolute atomic E-state index is 0.113. The number of halogens is 1. The van der Waals surface area contributed by atoms with Crippen molar-refractivity contribution in [1.29, 1.82) is 0 Å². The van der Waals surface area contributed by atoms with Crippen molar-refractivity contribution in [3.63, 3.8) is 0 Å². The molecule has 0 radical (unpaired) electrons. The number of aromatic nitrogens is 2. The molecule has 1 amide bonds. The second-order valence-electron chi connectivity index (χ2n) is 6.85. The highest BCUT2D eigenvalue weighted by Crippen LogP contribution is 2.24. The number of aliphatic hydroxyl groups is 1. The summed E-state index contributed by atoms with van der Waals surface area (Å²) >= 11 is 0. The zero-order valence-electron chi connectivity index (χ0n) is 14.8. The minimum Gasteiger partial charge on any atom is -0.386 e. The lowest BCUT2D eigenvalue weighted by atomic mass is 9.92. The fourth-order valence-corrected chi connectivity index (χ4v) is 3.31. The molecule has 138 valence electrons. The topological polar surface area (TPSA) is 69.6 Å². The molecule has 3 rings (SSSR count). The monoisotopic (exact) mass is 358 g/mol. The third-order valence-electron chi connectivity index (χ3n) is 4.62. The molecule has 6 nitrogen and oxygen atoms in total. The lowest BCUT2D eigenvalue weighted by molar-refractivity contribution is -0.132. The standard InChI is InChI=1S/C19H23FN4O2/c1-23(17(25)12-15-4-6-16(20)7-5-15)13-19(26)8-2-11-24(14-19)18-21-9-3-10-22-18/h3-7,9-10,26H,2,8,11-14H2,1H3/t19-/m1/s1. The first-order chi connectivity index (χ1) is 12.5. The van der Waals surface area contributed by atoms with E-state index < -0.39 is 5.60 Å². The number of carbonyl (C=O) groups excluding carboxylic acids is 1. The van der Waals surface area contributed by atoms with E-state index >= 15 is 0 Å². The summed E-state index contributed by atoms with van der Waals surface area (Å²) in [6.45, 7) is 1.39. The van der Waals surface area contributed by atoms with Gasteiger partial charge in [0.05, 0.1) is 25.1 Å². The number of β-amino-alcohol motifs (C(OH)–C–C–N with tert-alkyl or cyclic N) is 1. The first-order valence-corrected chi connectivity index (χ1v) is 8.68. The number of hydrogen-bond acceptors (Lipinski definition) is 5. The van der Waals surface area contributed by atoms with Crippen LogP contribution >= 0.6 is 0 Å². The molecule has 7 heteroatoms. The number of amides is 1. The summed E-state index contributed by atoms with van der Waals surface area (Å²) in [4.78, 5) is 24.4. The Labute approximate surface area is 152 Å². The van der Waals surface area contributed by atoms with Gasteiger partial charge in [0.2, 0.25) is 11.9 Å². The van der Waals surface area contributed by atoms with Crippen LogP contribution in [-0.2, 0) is 11.2 Å². The molecule has 1 aromatic carbocycles. The molecular weight excluding hydrogens is 335 g/mol. The fraction of sp³-hybridized carbons (Fsp3) is 0.421. The fourth-order valence-electron chi connectivity index (χ4n) is 3.31. The molecule has 0 spiro atoms. The lowest BCUT2D eigenvalue weighted by Crippen LogP contribution is -2.55. The van der Waals surface area contributed by atoms with Crippen LogP contribution in [0.25, 0.3) is 0 Å². The van der Waals surface area contributed by atoms with Crippen molar-refractivity contribution >= 4 is 11.9 Å². The predicted molar refractivity (Wildman–Crippen MR) is 96.2 cm³/mol. The highest BCUT2D eigenvalue weighted by molar-refractivity contribution is 5.78. The molecule has 2 heterocycles. The van der Waals surface area contributed by atoms with Crippen molar-refractivity contribution < 1.29 is 14.3 Å². The van der Waals surface area contributed by atoms with Crippen LogP contribution in [0.4, 0.5) is 10.3 Å². The largest absolute Gasteiger partial charge is 0.386 e. The lowest BCUT2D eigenvalue weighted by Gasteiger charge is -2.41. The molecule has 0 saturated carbocycles. The van der Waals surface area contributed by atoms with Gasteiger partial charge < -0.3 is 14.9 Å². The van der Waals surface area contributed by atoms with Crippen LogP contribution in [0.3, 0.4) is 0 Å². The first kappa shape index (κ1) is 18.3. The number of rotatable bonds is 5. The van der Waals surface area contributed by atoms with Gasteiger partial charge >= 0.3 is 0 Å². The van der Waals surface area contributed by atoms with Gasteiger partial charge in [0, 0.05) is 26.0 Å². The van der Waals surface area contributed by atoms with Gasteiger partial charge in [-0.2, -0.15) is 0 Å². The molecule has 0 bridgehead atoms. The van der Waals surface area contributed by atoms with Gasteiger partial charge in [-0.25, -0.2) is 14.4 Å². The number of piperidine rings is 1. The van der Waals surface area contributed by atoms with E-state index in [0.717, 1.165) is 18.5 Å². The molecule has 0 unspecified atom stereocenters. The van der Waals surface area contributed by atoms with Gasteiger partial charge in [-0.1, -0.05) is 12.1 Å². The van der Waals surface area contributed by atoms with Gasteiger partial charge in [0.1, 0.15) is 5.82 Å². The maximum Gasteiger partial charge on any atom is 0.226 e. The average Bonchev–Trinajstić information content (AvgIpc) is 2.64. The van der Waals surface area contributed by atoms with E-state index in [1.54, 1.807) is 42.5 Å². The van der Waals surface area contributed by atoms with Gasteiger partial charge in [-0.15, -0.1) is 0 Å². The zero-order valence-corrected chi connectivity index (χ0v) is 14.8. The normalized spacial score (nSPS) is 20.0. The summed E-state index contributed by atoms with van der Waals surface area (Å²) in [7, 11) is 1.68. The summed E-state index contributed by atoms with van der Waals surface area (Å²) in [5.41, 5.74) is -0.261. The number of hydrogen-bond donors (Lipinski definition) is 1. The Hall–Kier alpha value is -2.54. The van der Waals surface area contributed by atoms with E-state index in [9.17, 15) is 14.3 Å². The Morgan fingerprint density at radius 1 is 1.31 bits per heavy atom. The molecule has 1 atom stereocenters. The van der Waals surface area contributed by atoms with Gasteiger partial charge in [0.15, 0.2) is 0 Å². The Morgan fingerprint density at radius 3 is 2.69 bits per heavy atom. The molecule has 1 aliphatic heterocycles. The number of likely N-dealkylation sites (N-methyl/N-ethyl adjacent to an activating group) is 1. The van der Waals surface area contributed by atoms with Crippen molar-refractivity contribution in [1.82, 2.24) is 14.9 Å². The van der Waals surface area contributed by atoms with Crippen LogP contribution in [0.15, 0.2) is 42.7 Å². The summed E-state index contributed by atoms with van der Waals surface area (Å²) < 4.78 is 13.0. The van der Waals surface area contributed by atoms with Crippen molar-refractivity contribution in [2.75, 3.05) is 31.6 Å². The highest BCUT2D eigenvalue weighted by Gasteiger charge is 2.36. The van der Waals surface area contributed by atoms with E-state index in [1.165, 1.54) is 12.1 Å². The molecule has 1 aliphatic rings. The van der Waals surface area contributed by atoms with Crippen LogP contribution in [0.5, 0.6) is 0 Å². The molecule has 2 aromatic rings. The number of benzene rings is 1. The van der Waals surface area contributed by atoms with E-state index in [1.807, 2.05) is 4.90 Å². The van der Waals surface area contributed by atoms with E-state index in [-0.39, 0.29) is 24.7 Å². The SMILES string of the molecule is CN(C[C@]1(O)CCCN(c2ncccn2)C1)C(=O)Cc1ccc(F)cc1. The molecule has 0 aliphatic carbocycles. The van der Waals surface area contributed by atoms with Crippen LogP contribution in [0, 0.1) is 5.82 Å². The summed E-state index contributed by atoms with van der Waals surface area (Å²) in [5, 5.41) is 11.0. The molecule has 1 N–H and O–H groups in total. The minimum atomic E-state index is -1.01. The van der Waals surface area contributed by atoms with E-state index in [0.29, 0.717) is 18.9 Å². The van der Waals surface area contributed by atoms with E-state index in [2.05, 4.69) is 9.97 Å². The number of carbonyl (C=O) groups is 1. The third-order valence-corrected chi connectivity index (χ3v) is 4.62. The summed E-state index contributed by atoms with van der Waals surface area (Å²) in [5.74, 6) is 0.151. The molecule has 26 heavy (non-hydrogen) atoms. The van der Waals surface area contributed by atoms with Gasteiger partial charge in [-0.3, -0.25) is 4.79 Å². The van der Waals surface area contributed by atoms with E-state index in [4.69, 9.17) is 0 Å². The summed E-state index contributed by atoms with van der Waals surface area (Å²) in [6, 6.07) is 7.64. The van der Waals surface area contributed by atoms with Gasteiger partial charge in [0.25, 0.3) is 0 Å². The first-order valence-electron chi connectivity index (χ1n) is 8.68. The smallest absolute Gasteiger partial charge is 0.226 e. The van der Waals surface area contributed by atoms with Crippen LogP contribution in [0.1, 0.15) is 18.4 Å². The average molecular weight is 358 g/mol. The number of anilines is 1. The molecular formula is C19H23FN4O2. The number of nitrogens with zero attached hydrogens (tertiary/aromatic N) is 4. The summed E-state index contributed by atoms with van der Waals surface area (Å²) in [6.07, 6.45) is 4.94. The maximum absolute atomic E-state index is 13.0. The van der Waals surface area contributed by atoms with Crippen molar-refractivity contribution in [3.05, 3.63) is 54.1 Å². The Balaban J connectivity index is 1.60. The van der Waals surface area contributed by atoms with Gasteiger partial charge in [-0.05, 0) is 36.6 Å². The molecule has 1 fully saturated rings. The highest BCUT2D eigenvalue weighted by atomic mass is 19.1. The van der Waals surface area contributed by atoms with Crippen LogP contribution in [-0.4, -0.2) is 58.2 Å². The second kappa shape index (κ2) is 7.78.